The molecule has 3 aliphatic rings. The van der Waals surface area contributed by atoms with E-state index in [9.17, 15) is 9.59 Å². The molecule has 1 aromatic carbocycles. The minimum Gasteiger partial charge on any atom is -0.354 e. The van der Waals surface area contributed by atoms with Crippen LogP contribution in [0.4, 0.5) is 0 Å². The molecule has 0 aliphatic carbocycles. The number of amides is 2. The largest absolute Gasteiger partial charge is 0.354 e. The van der Waals surface area contributed by atoms with E-state index < -0.39 is 0 Å². The Labute approximate surface area is 186 Å². The van der Waals surface area contributed by atoms with Gasteiger partial charge in [-0.25, -0.2) is 0 Å². The van der Waals surface area contributed by atoms with Crippen LogP contribution in [0, 0.1) is 12.8 Å². The van der Waals surface area contributed by atoms with Crippen LogP contribution in [0.3, 0.4) is 0 Å². The number of rotatable bonds is 5. The Morgan fingerprint density at radius 2 is 1.77 bits per heavy atom. The van der Waals surface area contributed by atoms with Crippen molar-refractivity contribution >= 4 is 11.8 Å². The molecule has 0 spiro atoms. The maximum Gasteiger partial charge on any atom is 0.242 e. The summed E-state index contributed by atoms with van der Waals surface area (Å²) in [7, 11) is 0. The van der Waals surface area contributed by atoms with E-state index in [2.05, 4.69) is 51.6 Å². The first-order chi connectivity index (χ1) is 15.1. The molecule has 0 saturated carbocycles. The molecule has 31 heavy (non-hydrogen) atoms. The highest BCUT2D eigenvalue weighted by molar-refractivity contribution is 5.88. The number of carbonyl (C=O) groups excluding carboxylic acids is 2. The first kappa shape index (κ1) is 22.3. The Morgan fingerprint density at radius 3 is 2.52 bits per heavy atom. The Bertz CT molecular complexity index is 752. The van der Waals surface area contributed by atoms with Crippen LogP contribution in [0.15, 0.2) is 24.3 Å². The Kier molecular flexibility index (Phi) is 7.62. The van der Waals surface area contributed by atoms with E-state index in [4.69, 9.17) is 0 Å². The van der Waals surface area contributed by atoms with Crippen LogP contribution in [0.2, 0.25) is 0 Å². The third-order valence-electron chi connectivity index (χ3n) is 7.48. The summed E-state index contributed by atoms with van der Waals surface area (Å²) >= 11 is 0. The van der Waals surface area contributed by atoms with Gasteiger partial charge in [0.05, 0.1) is 0 Å². The summed E-state index contributed by atoms with van der Waals surface area (Å²) in [6, 6.07) is 8.99. The smallest absolute Gasteiger partial charge is 0.242 e. The van der Waals surface area contributed by atoms with Crippen molar-refractivity contribution in [3.05, 3.63) is 35.4 Å². The van der Waals surface area contributed by atoms with Crippen LogP contribution in [0.5, 0.6) is 0 Å². The normalized spacial score (nSPS) is 25.1. The first-order valence-corrected chi connectivity index (χ1v) is 12.2. The molecule has 3 saturated heterocycles. The van der Waals surface area contributed by atoms with Gasteiger partial charge in [-0.2, -0.15) is 0 Å². The number of carbonyl (C=O) groups is 2. The number of benzene rings is 1. The van der Waals surface area contributed by atoms with Crippen molar-refractivity contribution < 1.29 is 9.59 Å². The number of nitrogens with one attached hydrogen (secondary N) is 2. The second-order valence-electron chi connectivity index (χ2n) is 9.59. The third-order valence-corrected chi connectivity index (χ3v) is 7.48. The van der Waals surface area contributed by atoms with Crippen molar-refractivity contribution in [2.24, 2.45) is 5.92 Å². The van der Waals surface area contributed by atoms with E-state index >= 15 is 0 Å². The first-order valence-electron chi connectivity index (χ1n) is 12.2. The van der Waals surface area contributed by atoms with Gasteiger partial charge in [0, 0.05) is 25.0 Å². The molecule has 6 heteroatoms. The van der Waals surface area contributed by atoms with Crippen LogP contribution in [0.25, 0.3) is 0 Å². The lowest BCUT2D eigenvalue weighted by molar-refractivity contribution is -0.132. The monoisotopic (exact) mass is 426 g/mol. The van der Waals surface area contributed by atoms with Gasteiger partial charge in [-0.3, -0.25) is 14.5 Å². The molecule has 170 valence electrons. The van der Waals surface area contributed by atoms with Gasteiger partial charge in [0.2, 0.25) is 11.8 Å². The zero-order chi connectivity index (χ0) is 21.6. The molecule has 3 fully saturated rings. The lowest BCUT2D eigenvalue weighted by Crippen LogP contribution is -2.51. The number of piperidine rings is 2. The van der Waals surface area contributed by atoms with Crippen molar-refractivity contribution in [2.45, 2.75) is 70.5 Å². The van der Waals surface area contributed by atoms with Gasteiger partial charge >= 0.3 is 0 Å². The van der Waals surface area contributed by atoms with E-state index in [0.717, 1.165) is 71.4 Å². The van der Waals surface area contributed by atoms with Gasteiger partial charge in [0.15, 0.2) is 0 Å². The predicted octanol–water partition coefficient (Wildman–Crippen LogP) is 2.46. The van der Waals surface area contributed by atoms with Gasteiger partial charge in [0.1, 0.15) is 6.04 Å². The lowest BCUT2D eigenvalue weighted by atomic mass is 9.92. The van der Waals surface area contributed by atoms with Gasteiger partial charge in [0.25, 0.3) is 0 Å². The Balaban J connectivity index is 1.19. The average molecular weight is 427 g/mol. The zero-order valence-electron chi connectivity index (χ0n) is 18.9. The molecule has 3 aliphatic heterocycles. The van der Waals surface area contributed by atoms with Crippen molar-refractivity contribution in [2.75, 3.05) is 32.7 Å². The minimum atomic E-state index is -0.342. The summed E-state index contributed by atoms with van der Waals surface area (Å²) in [5.41, 5.74) is 2.82. The van der Waals surface area contributed by atoms with Crippen molar-refractivity contribution in [3.63, 3.8) is 0 Å². The van der Waals surface area contributed by atoms with Crippen LogP contribution in [0.1, 0.15) is 56.1 Å². The highest BCUT2D eigenvalue weighted by Gasteiger charge is 2.32. The fraction of sp³-hybridized carbons (Fsp3) is 0.680. The van der Waals surface area contributed by atoms with Crippen LogP contribution in [-0.4, -0.2) is 66.4 Å². The van der Waals surface area contributed by atoms with Gasteiger partial charge in [-0.05, 0) is 89.2 Å². The number of hydrogen-bond donors (Lipinski definition) is 2. The SMILES string of the molecule is Cc1ccccc1CN1CCC(N2CCC(C(=O)N[C@H]3CCCCNC3=O)CC2)CC1. The standard InChI is InChI=1S/C25H38N4O2/c1-19-6-2-3-7-21(19)18-28-14-11-22(12-15-28)29-16-9-20(10-17-29)24(30)27-23-8-4-5-13-26-25(23)31/h2-3,6-7,20,22-23H,4-5,8-18H2,1H3,(H,26,31)(H,27,30)/t23-/m0/s1. The Morgan fingerprint density at radius 1 is 1.03 bits per heavy atom. The van der Waals surface area contributed by atoms with E-state index in [1.807, 2.05) is 0 Å². The van der Waals surface area contributed by atoms with Gasteiger partial charge < -0.3 is 15.5 Å². The van der Waals surface area contributed by atoms with Gasteiger partial charge in [-0.1, -0.05) is 24.3 Å². The van der Waals surface area contributed by atoms with Crippen molar-refractivity contribution in [1.29, 1.82) is 0 Å². The second kappa shape index (κ2) is 10.6. The van der Waals surface area contributed by atoms with Crippen molar-refractivity contribution in [3.8, 4) is 0 Å². The number of aryl methyl sites for hydroxylation is 1. The van der Waals surface area contributed by atoms with E-state index in [1.54, 1.807) is 0 Å². The molecule has 0 unspecified atom stereocenters. The minimum absolute atomic E-state index is 0.0132. The van der Waals surface area contributed by atoms with Gasteiger partial charge in [-0.15, -0.1) is 0 Å². The molecular formula is C25H38N4O2. The molecule has 4 rings (SSSR count). The fourth-order valence-electron chi connectivity index (χ4n) is 5.36. The predicted molar refractivity (Wildman–Crippen MR) is 123 cm³/mol. The molecule has 1 aromatic rings. The van der Waals surface area contributed by atoms with Crippen LogP contribution < -0.4 is 10.6 Å². The summed E-state index contributed by atoms with van der Waals surface area (Å²) in [6.07, 6.45) is 6.99. The molecule has 0 aromatic heterocycles. The number of hydrogen-bond acceptors (Lipinski definition) is 4. The molecule has 3 heterocycles. The molecule has 2 N–H and O–H groups in total. The van der Waals surface area contributed by atoms with Crippen molar-refractivity contribution in [1.82, 2.24) is 20.4 Å². The molecule has 0 bridgehead atoms. The van der Waals surface area contributed by atoms with E-state index in [-0.39, 0.29) is 23.8 Å². The zero-order valence-corrected chi connectivity index (χ0v) is 18.9. The average Bonchev–Trinajstić information content (AvgIpc) is 3.00. The quantitative estimate of drug-likeness (QED) is 0.759. The van der Waals surface area contributed by atoms with E-state index in [1.165, 1.54) is 24.0 Å². The molecule has 6 nitrogen and oxygen atoms in total. The lowest BCUT2D eigenvalue weighted by Gasteiger charge is -2.41. The molecule has 0 radical (unpaired) electrons. The fourth-order valence-corrected chi connectivity index (χ4v) is 5.36. The van der Waals surface area contributed by atoms with E-state index in [0.29, 0.717) is 6.04 Å². The Hall–Kier alpha value is -1.92. The van der Waals surface area contributed by atoms with Crippen LogP contribution in [-0.2, 0) is 16.1 Å². The number of likely N-dealkylation sites (tertiary alicyclic amines) is 2. The highest BCUT2D eigenvalue weighted by atomic mass is 16.2. The highest BCUT2D eigenvalue weighted by Crippen LogP contribution is 2.25. The molecule has 2 amide bonds. The number of nitrogens with zero attached hydrogens (tertiary/aromatic N) is 2. The summed E-state index contributed by atoms with van der Waals surface area (Å²) in [5, 5.41) is 5.94. The van der Waals surface area contributed by atoms with Crippen LogP contribution >= 0.6 is 0 Å². The summed E-state index contributed by atoms with van der Waals surface area (Å²) in [6.45, 7) is 8.27. The summed E-state index contributed by atoms with van der Waals surface area (Å²) < 4.78 is 0. The topological polar surface area (TPSA) is 64.7 Å². The molecular weight excluding hydrogens is 388 g/mol. The summed E-state index contributed by atoms with van der Waals surface area (Å²) in [5.74, 6) is 0.115. The summed E-state index contributed by atoms with van der Waals surface area (Å²) in [4.78, 5) is 30.0. The molecule has 1 atom stereocenters. The second-order valence-corrected chi connectivity index (χ2v) is 9.59. The third kappa shape index (κ3) is 5.86. The maximum absolute atomic E-state index is 12.7. The maximum atomic E-state index is 12.7.